The minimum atomic E-state index is -0.711. The summed E-state index contributed by atoms with van der Waals surface area (Å²) in [4.78, 5) is 30.9. The van der Waals surface area contributed by atoms with E-state index < -0.39 is 5.97 Å². The molecule has 0 spiro atoms. The zero-order valence-corrected chi connectivity index (χ0v) is 19.0. The van der Waals surface area contributed by atoms with Gasteiger partial charge in [0.25, 0.3) is 5.91 Å². The molecule has 1 aliphatic carbocycles. The molecule has 1 aromatic carbocycles. The highest BCUT2D eigenvalue weighted by Crippen LogP contribution is 2.52. The standard InChI is InChI=1S/C24H28ClN3O4/c1-14(2)8-9-32-23-17(22(29)26-11-15-4-3-5-16(25)10-15)6-7-20(27-23)28-12-18-19(13-28)21(18)24(30)31/h3-7,10,14,18-19,21H,8-9,11-13H2,1-2H3,(H,26,29)(H,30,31)/t18-,19+,21?. The lowest BCUT2D eigenvalue weighted by Gasteiger charge is -2.22. The van der Waals surface area contributed by atoms with E-state index in [1.807, 2.05) is 24.3 Å². The predicted molar refractivity (Wildman–Crippen MR) is 122 cm³/mol. The van der Waals surface area contributed by atoms with Gasteiger partial charge in [0, 0.05) is 24.7 Å². The summed E-state index contributed by atoms with van der Waals surface area (Å²) in [5.74, 6) is 0.646. The Hall–Kier alpha value is -2.80. The minimum absolute atomic E-state index is 0.181. The fourth-order valence-corrected chi connectivity index (χ4v) is 4.50. The van der Waals surface area contributed by atoms with Crippen molar-refractivity contribution in [1.29, 1.82) is 0 Å². The van der Waals surface area contributed by atoms with Crippen LogP contribution in [-0.2, 0) is 11.3 Å². The zero-order chi connectivity index (χ0) is 22.8. The van der Waals surface area contributed by atoms with Crippen molar-refractivity contribution in [2.24, 2.45) is 23.7 Å². The Morgan fingerprint density at radius 3 is 2.66 bits per heavy atom. The van der Waals surface area contributed by atoms with Crippen LogP contribution in [0.15, 0.2) is 36.4 Å². The molecule has 1 unspecified atom stereocenters. The van der Waals surface area contributed by atoms with Gasteiger partial charge in [0.05, 0.1) is 12.5 Å². The summed E-state index contributed by atoms with van der Waals surface area (Å²) in [5, 5.41) is 12.8. The van der Waals surface area contributed by atoms with Crippen molar-refractivity contribution in [3.63, 3.8) is 0 Å². The van der Waals surface area contributed by atoms with E-state index in [2.05, 4.69) is 29.0 Å². The summed E-state index contributed by atoms with van der Waals surface area (Å²) in [7, 11) is 0. The van der Waals surface area contributed by atoms with E-state index in [-0.39, 0.29) is 23.7 Å². The number of fused-ring (bicyclic) bond motifs is 1. The Balaban J connectivity index is 1.47. The lowest BCUT2D eigenvalue weighted by Crippen LogP contribution is -2.28. The quantitative estimate of drug-likeness (QED) is 0.594. The third-order valence-corrected chi connectivity index (χ3v) is 6.40. The molecule has 1 saturated heterocycles. The molecule has 2 aliphatic rings. The summed E-state index contributed by atoms with van der Waals surface area (Å²) in [5.41, 5.74) is 1.29. The maximum Gasteiger partial charge on any atom is 0.307 e. The molecular weight excluding hydrogens is 430 g/mol. The summed E-state index contributed by atoms with van der Waals surface area (Å²) in [6.45, 7) is 6.37. The average Bonchev–Trinajstić information content (AvgIpc) is 3.26. The number of aliphatic carboxylic acids is 1. The fourth-order valence-electron chi connectivity index (χ4n) is 4.29. The molecule has 170 valence electrons. The van der Waals surface area contributed by atoms with Crippen LogP contribution in [0.5, 0.6) is 5.88 Å². The first-order valence-corrected chi connectivity index (χ1v) is 11.4. The van der Waals surface area contributed by atoms with E-state index in [1.165, 1.54) is 0 Å². The van der Waals surface area contributed by atoms with Gasteiger partial charge in [-0.05, 0) is 54.0 Å². The number of ether oxygens (including phenoxy) is 1. The van der Waals surface area contributed by atoms with Gasteiger partial charge >= 0.3 is 5.97 Å². The van der Waals surface area contributed by atoms with Crippen LogP contribution in [-0.4, -0.2) is 41.7 Å². The van der Waals surface area contributed by atoms with E-state index in [9.17, 15) is 14.7 Å². The van der Waals surface area contributed by atoms with E-state index >= 15 is 0 Å². The third kappa shape index (κ3) is 4.99. The van der Waals surface area contributed by atoms with E-state index in [0.29, 0.717) is 54.4 Å². The molecule has 1 aliphatic heterocycles. The number of nitrogens with one attached hydrogen (secondary N) is 1. The molecule has 2 N–H and O–H groups in total. The van der Waals surface area contributed by atoms with Crippen molar-refractivity contribution in [3.05, 3.63) is 52.5 Å². The number of carbonyl (C=O) groups is 2. The number of aromatic nitrogens is 1. The van der Waals surface area contributed by atoms with Gasteiger partial charge in [-0.25, -0.2) is 0 Å². The van der Waals surface area contributed by atoms with Crippen molar-refractivity contribution >= 4 is 29.3 Å². The van der Waals surface area contributed by atoms with Crippen LogP contribution in [0, 0.1) is 23.7 Å². The van der Waals surface area contributed by atoms with E-state index in [0.717, 1.165) is 12.0 Å². The first-order valence-electron chi connectivity index (χ1n) is 11.0. The molecule has 3 atom stereocenters. The molecule has 1 aromatic heterocycles. The van der Waals surface area contributed by atoms with Crippen molar-refractivity contribution in [2.45, 2.75) is 26.8 Å². The first kappa shape index (κ1) is 22.4. The van der Waals surface area contributed by atoms with E-state index in [1.54, 1.807) is 12.1 Å². The number of nitrogens with zero attached hydrogens (tertiary/aromatic N) is 2. The highest BCUT2D eigenvalue weighted by atomic mass is 35.5. The number of benzene rings is 1. The molecule has 7 nitrogen and oxygen atoms in total. The number of carboxylic acids is 1. The highest BCUT2D eigenvalue weighted by molar-refractivity contribution is 6.30. The second-order valence-corrected chi connectivity index (χ2v) is 9.40. The van der Waals surface area contributed by atoms with Gasteiger partial charge < -0.3 is 20.1 Å². The predicted octanol–water partition coefficient (Wildman–Crippen LogP) is 3.86. The molecule has 1 amide bonds. The lowest BCUT2D eigenvalue weighted by atomic mass is 10.1. The van der Waals surface area contributed by atoms with Crippen molar-refractivity contribution in [1.82, 2.24) is 10.3 Å². The maximum absolute atomic E-state index is 12.9. The monoisotopic (exact) mass is 457 g/mol. The van der Waals surface area contributed by atoms with Crippen LogP contribution in [0.25, 0.3) is 0 Å². The normalized spacial score (nSPS) is 21.4. The Bertz CT molecular complexity index is 1000. The number of pyridine rings is 1. The van der Waals surface area contributed by atoms with Gasteiger partial charge in [-0.3, -0.25) is 9.59 Å². The van der Waals surface area contributed by atoms with Crippen LogP contribution in [0.3, 0.4) is 0 Å². The molecule has 1 saturated carbocycles. The number of anilines is 1. The van der Waals surface area contributed by atoms with Crippen LogP contribution in [0.1, 0.15) is 36.2 Å². The average molecular weight is 458 g/mol. The smallest absolute Gasteiger partial charge is 0.307 e. The van der Waals surface area contributed by atoms with Gasteiger partial charge in [-0.2, -0.15) is 4.98 Å². The summed E-state index contributed by atoms with van der Waals surface area (Å²) < 4.78 is 5.92. The maximum atomic E-state index is 12.9. The largest absolute Gasteiger partial charge is 0.481 e. The first-order chi connectivity index (χ1) is 15.3. The summed E-state index contributed by atoms with van der Waals surface area (Å²) in [6, 6.07) is 10.9. The van der Waals surface area contributed by atoms with Gasteiger partial charge in [-0.15, -0.1) is 0 Å². The number of hydrogen-bond donors (Lipinski definition) is 2. The molecule has 2 aromatic rings. The molecule has 2 heterocycles. The number of carboxylic acid groups (broad SMARTS) is 1. The van der Waals surface area contributed by atoms with Crippen LogP contribution in [0.2, 0.25) is 5.02 Å². The molecule has 4 rings (SSSR count). The zero-order valence-electron chi connectivity index (χ0n) is 18.3. The SMILES string of the molecule is CC(C)CCOc1nc(N2C[C@@H]3C(C(=O)O)[C@@H]3C2)ccc1C(=O)NCc1cccc(Cl)c1. The number of carbonyl (C=O) groups excluding carboxylic acids is 1. The molecule has 8 heteroatoms. The van der Waals surface area contributed by atoms with Crippen molar-refractivity contribution in [2.75, 3.05) is 24.6 Å². The number of amides is 1. The van der Waals surface area contributed by atoms with Crippen LogP contribution in [0.4, 0.5) is 5.82 Å². The van der Waals surface area contributed by atoms with E-state index in [4.69, 9.17) is 16.3 Å². The van der Waals surface area contributed by atoms with Gasteiger partial charge in [0.1, 0.15) is 11.4 Å². The Morgan fingerprint density at radius 1 is 1.25 bits per heavy atom. The number of rotatable bonds is 9. The van der Waals surface area contributed by atoms with Gasteiger partial charge in [0.2, 0.25) is 5.88 Å². The summed E-state index contributed by atoms with van der Waals surface area (Å²) >= 11 is 6.02. The van der Waals surface area contributed by atoms with Crippen molar-refractivity contribution in [3.8, 4) is 5.88 Å². The number of piperidine rings is 1. The third-order valence-electron chi connectivity index (χ3n) is 6.17. The second-order valence-electron chi connectivity index (χ2n) is 8.96. The fraction of sp³-hybridized carbons (Fsp3) is 0.458. The van der Waals surface area contributed by atoms with Crippen molar-refractivity contribution < 1.29 is 19.4 Å². The molecule has 0 radical (unpaired) electrons. The highest BCUT2D eigenvalue weighted by Gasteiger charge is 2.60. The van der Waals surface area contributed by atoms with Gasteiger partial charge in [0.15, 0.2) is 0 Å². The number of halogens is 1. The second kappa shape index (κ2) is 9.36. The Kier molecular flexibility index (Phi) is 6.55. The van der Waals surface area contributed by atoms with Gasteiger partial charge in [-0.1, -0.05) is 37.6 Å². The Labute approximate surface area is 192 Å². The Morgan fingerprint density at radius 2 is 2.00 bits per heavy atom. The lowest BCUT2D eigenvalue weighted by molar-refractivity contribution is -0.139. The molecule has 2 fully saturated rings. The number of hydrogen-bond acceptors (Lipinski definition) is 5. The summed E-state index contributed by atoms with van der Waals surface area (Å²) in [6.07, 6.45) is 0.851. The van der Waals surface area contributed by atoms with Crippen LogP contribution < -0.4 is 15.0 Å². The molecular formula is C24H28ClN3O4. The van der Waals surface area contributed by atoms with Crippen LogP contribution >= 0.6 is 11.6 Å². The molecule has 32 heavy (non-hydrogen) atoms. The topological polar surface area (TPSA) is 91.8 Å². The molecule has 0 bridgehead atoms. The minimum Gasteiger partial charge on any atom is -0.481 e.